The third-order valence-electron chi connectivity index (χ3n) is 5.56. The zero-order chi connectivity index (χ0) is 24.2. The van der Waals surface area contributed by atoms with Crippen LogP contribution in [0.3, 0.4) is 0 Å². The average Bonchev–Trinajstić information content (AvgIpc) is 3.41. The average molecular weight is 470 g/mol. The van der Waals surface area contributed by atoms with Gasteiger partial charge in [0.25, 0.3) is 5.91 Å². The molecule has 0 radical (unpaired) electrons. The highest BCUT2D eigenvalue weighted by atomic mass is 19.4. The summed E-state index contributed by atoms with van der Waals surface area (Å²) < 4.78 is 39.7. The lowest BCUT2D eigenvalue weighted by Crippen LogP contribution is -2.34. The number of nitrogens with zero attached hydrogens (tertiary/aromatic N) is 5. The van der Waals surface area contributed by atoms with Crippen LogP contribution < -0.4 is 5.32 Å². The largest absolute Gasteiger partial charge is 0.490 e. The molecule has 0 bridgehead atoms. The molecule has 180 valence electrons. The summed E-state index contributed by atoms with van der Waals surface area (Å²) in [5.41, 5.74) is 2.61. The van der Waals surface area contributed by atoms with E-state index in [0.717, 1.165) is 25.3 Å². The van der Waals surface area contributed by atoms with Gasteiger partial charge in [0.15, 0.2) is 0 Å². The molecule has 0 saturated carbocycles. The van der Waals surface area contributed by atoms with Gasteiger partial charge in [-0.2, -0.15) is 18.3 Å². The summed E-state index contributed by atoms with van der Waals surface area (Å²) >= 11 is 0. The van der Waals surface area contributed by atoms with Gasteiger partial charge in [0.1, 0.15) is 5.69 Å². The fraction of sp³-hybridized carbons (Fsp3) is 0.550. The van der Waals surface area contributed by atoms with Gasteiger partial charge in [-0.15, -0.1) is 0 Å². The number of aryl methyl sites for hydroxylation is 2. The molecule has 2 aromatic heterocycles. The van der Waals surface area contributed by atoms with Crippen molar-refractivity contribution in [1.29, 1.82) is 0 Å². The number of hydrogen-bond donors (Lipinski definition) is 2. The SMILES string of the molecule is Cc1cc(CN2C[C@@H]3[C@H](CNC(=O)c4cnccn4)CO[C@@H]3C2)n(C)n1.O=C(O)C(F)(F)F. The first-order chi connectivity index (χ1) is 15.5. The van der Waals surface area contributed by atoms with Crippen LogP contribution in [0.4, 0.5) is 13.2 Å². The van der Waals surface area contributed by atoms with Crippen molar-refractivity contribution in [2.45, 2.75) is 25.7 Å². The molecule has 1 amide bonds. The van der Waals surface area contributed by atoms with Crippen molar-refractivity contribution in [2.75, 3.05) is 26.2 Å². The van der Waals surface area contributed by atoms with Gasteiger partial charge in [0, 0.05) is 57.5 Å². The van der Waals surface area contributed by atoms with Crippen molar-refractivity contribution in [3.05, 3.63) is 41.7 Å². The van der Waals surface area contributed by atoms with E-state index < -0.39 is 12.1 Å². The number of carbonyl (C=O) groups is 2. The predicted molar refractivity (Wildman–Crippen MR) is 108 cm³/mol. The minimum atomic E-state index is -5.08. The Kier molecular flexibility index (Phi) is 7.64. The molecule has 2 saturated heterocycles. The summed E-state index contributed by atoms with van der Waals surface area (Å²) in [5, 5.41) is 14.5. The molecule has 3 atom stereocenters. The first kappa shape index (κ1) is 24.6. The van der Waals surface area contributed by atoms with Crippen LogP contribution in [0, 0.1) is 18.8 Å². The number of ether oxygens (including phenoxy) is 1. The highest BCUT2D eigenvalue weighted by molar-refractivity contribution is 5.91. The van der Waals surface area contributed by atoms with E-state index in [-0.39, 0.29) is 12.0 Å². The quantitative estimate of drug-likeness (QED) is 0.665. The number of carboxylic acids is 1. The molecule has 2 aliphatic rings. The van der Waals surface area contributed by atoms with E-state index in [4.69, 9.17) is 14.6 Å². The normalized spacial score (nSPS) is 22.4. The van der Waals surface area contributed by atoms with Crippen LogP contribution in [0.25, 0.3) is 0 Å². The molecule has 2 N–H and O–H groups in total. The van der Waals surface area contributed by atoms with Crippen LogP contribution in [0.1, 0.15) is 21.9 Å². The summed E-state index contributed by atoms with van der Waals surface area (Å²) in [6.45, 7) is 6.13. The molecular weight excluding hydrogens is 445 g/mol. The lowest BCUT2D eigenvalue weighted by atomic mass is 9.93. The van der Waals surface area contributed by atoms with Crippen molar-refractivity contribution < 1.29 is 32.6 Å². The zero-order valence-electron chi connectivity index (χ0n) is 18.1. The molecule has 0 unspecified atom stereocenters. The minimum Gasteiger partial charge on any atom is -0.475 e. The smallest absolute Gasteiger partial charge is 0.475 e. The van der Waals surface area contributed by atoms with E-state index in [1.807, 2.05) is 18.7 Å². The van der Waals surface area contributed by atoms with Gasteiger partial charge < -0.3 is 15.2 Å². The molecule has 10 nitrogen and oxygen atoms in total. The van der Waals surface area contributed by atoms with Crippen LogP contribution >= 0.6 is 0 Å². The molecular formula is C20H25F3N6O4. The molecule has 0 aliphatic carbocycles. The van der Waals surface area contributed by atoms with E-state index >= 15 is 0 Å². The Balaban J connectivity index is 0.000000383. The second-order valence-corrected chi connectivity index (χ2v) is 7.99. The topological polar surface area (TPSA) is 122 Å². The number of fused-ring (bicyclic) bond motifs is 1. The third kappa shape index (κ3) is 6.48. The Morgan fingerprint density at radius 2 is 2.03 bits per heavy atom. The van der Waals surface area contributed by atoms with Crippen LogP contribution in [-0.4, -0.2) is 80.2 Å². The number of alkyl halides is 3. The molecule has 0 spiro atoms. The number of rotatable bonds is 5. The lowest BCUT2D eigenvalue weighted by Gasteiger charge is -2.19. The third-order valence-corrected chi connectivity index (χ3v) is 5.56. The fourth-order valence-corrected chi connectivity index (χ4v) is 3.99. The fourth-order valence-electron chi connectivity index (χ4n) is 3.99. The van der Waals surface area contributed by atoms with Crippen LogP contribution in [0.15, 0.2) is 24.7 Å². The number of likely N-dealkylation sites (tertiary alicyclic amines) is 1. The Labute approximate surface area is 187 Å². The van der Waals surface area contributed by atoms with Gasteiger partial charge in [-0.3, -0.25) is 19.4 Å². The Bertz CT molecular complexity index is 968. The van der Waals surface area contributed by atoms with E-state index in [2.05, 4.69) is 31.3 Å². The second-order valence-electron chi connectivity index (χ2n) is 7.99. The van der Waals surface area contributed by atoms with Gasteiger partial charge in [-0.05, 0) is 13.0 Å². The van der Waals surface area contributed by atoms with Gasteiger partial charge in [-0.1, -0.05) is 0 Å². The van der Waals surface area contributed by atoms with Crippen molar-refractivity contribution in [3.63, 3.8) is 0 Å². The van der Waals surface area contributed by atoms with Crippen molar-refractivity contribution in [1.82, 2.24) is 30.0 Å². The molecule has 33 heavy (non-hydrogen) atoms. The number of amides is 1. The maximum absolute atomic E-state index is 12.2. The highest BCUT2D eigenvalue weighted by Gasteiger charge is 2.43. The Morgan fingerprint density at radius 1 is 1.30 bits per heavy atom. The predicted octanol–water partition coefficient (Wildman–Crippen LogP) is 1.03. The first-order valence-electron chi connectivity index (χ1n) is 10.2. The highest BCUT2D eigenvalue weighted by Crippen LogP contribution is 2.34. The zero-order valence-corrected chi connectivity index (χ0v) is 18.1. The maximum Gasteiger partial charge on any atom is 0.490 e. The van der Waals surface area contributed by atoms with Crippen LogP contribution in [-0.2, 0) is 23.1 Å². The Morgan fingerprint density at radius 3 is 2.61 bits per heavy atom. The summed E-state index contributed by atoms with van der Waals surface area (Å²) in [4.78, 5) is 31.5. The molecule has 2 aliphatic heterocycles. The molecule has 0 aromatic carbocycles. The van der Waals surface area contributed by atoms with Gasteiger partial charge in [-0.25, -0.2) is 9.78 Å². The molecule has 2 fully saturated rings. The van der Waals surface area contributed by atoms with Crippen molar-refractivity contribution >= 4 is 11.9 Å². The number of carboxylic acid groups (broad SMARTS) is 1. The number of aliphatic carboxylic acids is 1. The number of nitrogens with one attached hydrogen (secondary N) is 1. The summed E-state index contributed by atoms with van der Waals surface area (Å²) in [7, 11) is 1.99. The molecule has 4 rings (SSSR count). The number of hydrogen-bond acceptors (Lipinski definition) is 7. The molecule has 13 heteroatoms. The van der Waals surface area contributed by atoms with Gasteiger partial charge in [0.05, 0.1) is 30.3 Å². The standard InChI is InChI=1S/C18H24N6O2.C2HF3O2/c1-12-5-14(23(2)22-12)8-24-9-15-13(11-26-17(15)10-24)6-21-18(25)16-7-19-3-4-20-16;3-2(4,5)1(6)7/h3-5,7,13,15,17H,6,8-11H2,1-2H3,(H,21,25);(H,6,7)/t13-,15-,17-;/m1./s1. The van der Waals surface area contributed by atoms with E-state index in [9.17, 15) is 18.0 Å². The maximum atomic E-state index is 12.2. The summed E-state index contributed by atoms with van der Waals surface area (Å²) in [6.07, 6.45) is -0.263. The number of carbonyl (C=O) groups excluding carboxylic acids is 1. The summed E-state index contributed by atoms with van der Waals surface area (Å²) in [5.74, 6) is -2.15. The van der Waals surface area contributed by atoms with Gasteiger partial charge in [0.2, 0.25) is 0 Å². The minimum absolute atomic E-state index is 0.179. The van der Waals surface area contributed by atoms with Crippen LogP contribution in [0.5, 0.6) is 0 Å². The second kappa shape index (κ2) is 10.3. The lowest BCUT2D eigenvalue weighted by molar-refractivity contribution is -0.192. The van der Waals surface area contributed by atoms with E-state index in [0.29, 0.717) is 30.7 Å². The molecule has 4 heterocycles. The monoisotopic (exact) mass is 470 g/mol. The number of aromatic nitrogens is 4. The summed E-state index contributed by atoms with van der Waals surface area (Å²) in [6, 6.07) is 2.13. The van der Waals surface area contributed by atoms with Crippen LogP contribution in [0.2, 0.25) is 0 Å². The number of halogens is 3. The Hall–Kier alpha value is -3.06. The molecule has 2 aromatic rings. The van der Waals surface area contributed by atoms with E-state index in [1.54, 1.807) is 6.20 Å². The van der Waals surface area contributed by atoms with Gasteiger partial charge >= 0.3 is 12.1 Å². The van der Waals surface area contributed by atoms with E-state index in [1.165, 1.54) is 18.1 Å². The van der Waals surface area contributed by atoms with Crippen molar-refractivity contribution in [2.24, 2.45) is 18.9 Å². The van der Waals surface area contributed by atoms with Crippen molar-refractivity contribution in [3.8, 4) is 0 Å². The first-order valence-corrected chi connectivity index (χ1v) is 10.2.